The first-order valence-corrected chi connectivity index (χ1v) is 12.0. The predicted octanol–water partition coefficient (Wildman–Crippen LogP) is 5.79. The van der Waals surface area contributed by atoms with Gasteiger partial charge < -0.3 is 15.0 Å². The van der Waals surface area contributed by atoms with Gasteiger partial charge in [0.1, 0.15) is 5.00 Å². The first-order valence-electron chi connectivity index (χ1n) is 11.2. The Morgan fingerprint density at radius 3 is 2.03 bits per heavy atom. The third-order valence-electron chi connectivity index (χ3n) is 5.29. The number of unbranched alkanes of at least 4 members (excludes halogenated alkanes) is 7. The molecule has 0 fully saturated rings. The lowest BCUT2D eigenvalue weighted by Crippen LogP contribution is -2.30. The van der Waals surface area contributed by atoms with E-state index in [0.717, 1.165) is 30.6 Å². The Kier molecular flexibility index (Phi) is 12.4. The summed E-state index contributed by atoms with van der Waals surface area (Å²) in [7, 11) is 1.30. The standard InChI is InChI=1S/C23H38N2O4S/c1-6-9-10-11-12-13-14-15-16-18(26)24-21-19(23(28)29-5)17(4)20(30-21)22(27)25(7-2)8-3/h6-16H2,1-5H3,(H,24,26). The summed E-state index contributed by atoms with van der Waals surface area (Å²) >= 11 is 1.16. The van der Waals surface area contributed by atoms with E-state index in [-0.39, 0.29) is 17.4 Å². The minimum Gasteiger partial charge on any atom is -0.465 e. The van der Waals surface area contributed by atoms with E-state index in [1.165, 1.54) is 39.2 Å². The van der Waals surface area contributed by atoms with Gasteiger partial charge in [0.25, 0.3) is 5.91 Å². The van der Waals surface area contributed by atoms with E-state index < -0.39 is 5.97 Å². The lowest BCUT2D eigenvalue weighted by Gasteiger charge is -2.17. The van der Waals surface area contributed by atoms with Crippen LogP contribution < -0.4 is 5.32 Å². The minimum atomic E-state index is -0.537. The molecule has 1 aromatic heterocycles. The molecule has 0 aliphatic heterocycles. The lowest BCUT2D eigenvalue weighted by molar-refractivity contribution is -0.116. The van der Waals surface area contributed by atoms with Gasteiger partial charge in [-0.3, -0.25) is 9.59 Å². The molecule has 1 N–H and O–H groups in total. The van der Waals surface area contributed by atoms with Crippen molar-refractivity contribution in [1.29, 1.82) is 0 Å². The molecule has 0 bridgehead atoms. The number of hydrogen-bond donors (Lipinski definition) is 1. The molecule has 0 aliphatic rings. The first kappa shape index (κ1) is 26.1. The number of thiophene rings is 1. The Morgan fingerprint density at radius 2 is 1.50 bits per heavy atom. The summed E-state index contributed by atoms with van der Waals surface area (Å²) in [6.45, 7) is 8.94. The van der Waals surface area contributed by atoms with Crippen LogP contribution in [0.25, 0.3) is 0 Å². The average Bonchev–Trinajstić information content (AvgIpc) is 3.05. The summed E-state index contributed by atoms with van der Waals surface area (Å²) in [4.78, 5) is 39.7. The van der Waals surface area contributed by atoms with Gasteiger partial charge in [0.2, 0.25) is 5.91 Å². The van der Waals surface area contributed by atoms with Crippen molar-refractivity contribution >= 4 is 34.1 Å². The quantitative estimate of drug-likeness (QED) is 0.294. The monoisotopic (exact) mass is 438 g/mol. The van der Waals surface area contributed by atoms with Crippen LogP contribution in [0.2, 0.25) is 0 Å². The predicted molar refractivity (Wildman–Crippen MR) is 124 cm³/mol. The van der Waals surface area contributed by atoms with Gasteiger partial charge in [0.05, 0.1) is 17.6 Å². The summed E-state index contributed by atoms with van der Waals surface area (Å²) in [6, 6.07) is 0. The van der Waals surface area contributed by atoms with E-state index in [9.17, 15) is 14.4 Å². The molecule has 170 valence electrons. The number of carbonyl (C=O) groups excluding carboxylic acids is 3. The number of hydrogen-bond acceptors (Lipinski definition) is 5. The SMILES string of the molecule is CCCCCCCCCCC(=O)Nc1sc(C(=O)N(CC)CC)c(C)c1C(=O)OC. The number of amides is 2. The molecule has 0 saturated heterocycles. The van der Waals surface area contributed by atoms with Crippen molar-refractivity contribution in [2.24, 2.45) is 0 Å². The molecule has 2 amide bonds. The van der Waals surface area contributed by atoms with Crippen LogP contribution in [0.4, 0.5) is 5.00 Å². The summed E-state index contributed by atoms with van der Waals surface area (Å²) in [6.07, 6.45) is 9.72. The number of methoxy groups -OCH3 is 1. The van der Waals surface area contributed by atoms with Crippen LogP contribution in [-0.2, 0) is 9.53 Å². The third kappa shape index (κ3) is 7.74. The van der Waals surface area contributed by atoms with Gasteiger partial charge in [-0.05, 0) is 32.8 Å². The second-order valence-corrected chi connectivity index (χ2v) is 8.52. The second-order valence-electron chi connectivity index (χ2n) is 7.50. The number of nitrogens with zero attached hydrogens (tertiary/aromatic N) is 1. The Balaban J connectivity index is 2.73. The Morgan fingerprint density at radius 1 is 0.933 bits per heavy atom. The largest absolute Gasteiger partial charge is 0.465 e. The molecule has 1 rings (SSSR count). The van der Waals surface area contributed by atoms with Gasteiger partial charge in [0, 0.05) is 19.5 Å². The molecule has 0 aliphatic carbocycles. The first-order chi connectivity index (χ1) is 14.4. The van der Waals surface area contributed by atoms with Gasteiger partial charge in [-0.1, -0.05) is 51.9 Å². The fraction of sp³-hybridized carbons (Fsp3) is 0.696. The van der Waals surface area contributed by atoms with Gasteiger partial charge in [-0.25, -0.2) is 4.79 Å². The Hall–Kier alpha value is -1.89. The van der Waals surface area contributed by atoms with Crippen LogP contribution in [-0.4, -0.2) is 42.9 Å². The zero-order chi connectivity index (χ0) is 22.5. The van der Waals surface area contributed by atoms with E-state index in [1.54, 1.807) is 11.8 Å². The average molecular weight is 439 g/mol. The molecule has 0 aromatic carbocycles. The topological polar surface area (TPSA) is 75.7 Å². The maximum atomic E-state index is 12.8. The van der Waals surface area contributed by atoms with E-state index in [1.807, 2.05) is 13.8 Å². The molecule has 0 atom stereocenters. The highest BCUT2D eigenvalue weighted by molar-refractivity contribution is 7.18. The molecule has 0 saturated carbocycles. The van der Waals surface area contributed by atoms with E-state index in [4.69, 9.17) is 4.74 Å². The van der Waals surface area contributed by atoms with Crippen molar-refractivity contribution in [3.63, 3.8) is 0 Å². The Labute approximate surface area is 185 Å². The highest BCUT2D eigenvalue weighted by Gasteiger charge is 2.27. The van der Waals surface area contributed by atoms with Gasteiger partial charge in [-0.15, -0.1) is 11.3 Å². The van der Waals surface area contributed by atoms with Crippen molar-refractivity contribution in [3.8, 4) is 0 Å². The van der Waals surface area contributed by atoms with E-state index in [2.05, 4.69) is 12.2 Å². The fourth-order valence-electron chi connectivity index (χ4n) is 3.42. The van der Waals surface area contributed by atoms with Crippen molar-refractivity contribution in [2.75, 3.05) is 25.5 Å². The van der Waals surface area contributed by atoms with Crippen molar-refractivity contribution in [1.82, 2.24) is 4.90 Å². The van der Waals surface area contributed by atoms with E-state index in [0.29, 0.717) is 35.0 Å². The van der Waals surface area contributed by atoms with Gasteiger partial charge >= 0.3 is 5.97 Å². The number of anilines is 1. The molecule has 7 heteroatoms. The third-order valence-corrected chi connectivity index (χ3v) is 6.49. The summed E-state index contributed by atoms with van der Waals surface area (Å²) < 4.78 is 4.89. The summed E-state index contributed by atoms with van der Waals surface area (Å²) in [5, 5.41) is 3.25. The number of nitrogens with one attached hydrogen (secondary N) is 1. The number of rotatable bonds is 14. The molecular formula is C23H38N2O4S. The second kappa shape index (κ2) is 14.2. The number of carbonyl (C=O) groups is 3. The lowest BCUT2D eigenvalue weighted by atomic mass is 10.1. The smallest absolute Gasteiger partial charge is 0.341 e. The van der Waals surface area contributed by atoms with E-state index >= 15 is 0 Å². The minimum absolute atomic E-state index is 0.128. The molecule has 30 heavy (non-hydrogen) atoms. The molecule has 0 spiro atoms. The number of ether oxygens (including phenoxy) is 1. The molecule has 6 nitrogen and oxygen atoms in total. The summed E-state index contributed by atoms with van der Waals surface area (Å²) in [5.41, 5.74) is 0.841. The number of esters is 1. The van der Waals surface area contributed by atoms with Crippen molar-refractivity contribution in [3.05, 3.63) is 16.0 Å². The van der Waals surface area contributed by atoms with Crippen LogP contribution in [0.5, 0.6) is 0 Å². The van der Waals surface area contributed by atoms with Crippen LogP contribution in [0.1, 0.15) is 104 Å². The van der Waals surface area contributed by atoms with Crippen molar-refractivity contribution < 1.29 is 19.1 Å². The molecule has 1 aromatic rings. The van der Waals surface area contributed by atoms with Crippen LogP contribution >= 0.6 is 11.3 Å². The molecule has 0 unspecified atom stereocenters. The summed E-state index contributed by atoms with van der Waals surface area (Å²) in [5.74, 6) is -0.796. The van der Waals surface area contributed by atoms with Gasteiger partial charge in [0.15, 0.2) is 0 Å². The zero-order valence-electron chi connectivity index (χ0n) is 19.3. The van der Waals surface area contributed by atoms with Gasteiger partial charge in [-0.2, -0.15) is 0 Å². The maximum absolute atomic E-state index is 12.8. The van der Waals surface area contributed by atoms with Crippen molar-refractivity contribution in [2.45, 2.75) is 85.5 Å². The molecular weight excluding hydrogens is 400 g/mol. The Bertz CT molecular complexity index is 696. The molecule has 0 radical (unpaired) electrons. The normalized spacial score (nSPS) is 10.7. The fourth-order valence-corrected chi connectivity index (χ4v) is 4.60. The van der Waals surface area contributed by atoms with Crippen LogP contribution in [0, 0.1) is 6.92 Å². The molecule has 1 heterocycles. The highest BCUT2D eigenvalue weighted by Crippen LogP contribution is 2.34. The maximum Gasteiger partial charge on any atom is 0.341 e. The van der Waals surface area contributed by atoms with Crippen LogP contribution in [0.3, 0.4) is 0 Å². The van der Waals surface area contributed by atoms with Crippen LogP contribution in [0.15, 0.2) is 0 Å². The highest BCUT2D eigenvalue weighted by atomic mass is 32.1. The zero-order valence-corrected chi connectivity index (χ0v) is 20.1.